The average molecular weight is 374 g/mol. The zero-order chi connectivity index (χ0) is 19.7. The first-order valence-corrected chi connectivity index (χ1v) is 8.93. The van der Waals surface area contributed by atoms with E-state index >= 15 is 0 Å². The maximum absolute atomic E-state index is 13.2. The first kappa shape index (κ1) is 17.8. The Balaban J connectivity index is 1.48. The van der Waals surface area contributed by atoms with Crippen LogP contribution in [-0.2, 0) is 0 Å². The fourth-order valence-corrected chi connectivity index (χ4v) is 3.08. The van der Waals surface area contributed by atoms with E-state index < -0.39 is 5.82 Å². The molecule has 2 N–H and O–H groups in total. The Kier molecular flexibility index (Phi) is 4.57. The number of benzene rings is 3. The van der Waals surface area contributed by atoms with Crippen LogP contribution in [0.4, 0.5) is 10.1 Å². The molecule has 5 heteroatoms. The van der Waals surface area contributed by atoms with Crippen molar-refractivity contribution in [3.05, 3.63) is 89.4 Å². The molecular formula is C23H19FN2O2. The zero-order valence-corrected chi connectivity index (χ0v) is 15.5. The molecule has 0 aliphatic carbocycles. The second kappa shape index (κ2) is 7.19. The fraction of sp³-hybridized carbons (Fsp3) is 0.0870. The van der Waals surface area contributed by atoms with Crippen LogP contribution < -0.4 is 10.1 Å². The van der Waals surface area contributed by atoms with Gasteiger partial charge in [-0.05, 0) is 80.1 Å². The zero-order valence-electron chi connectivity index (χ0n) is 15.5. The lowest BCUT2D eigenvalue weighted by molar-refractivity contribution is 0.102. The molecule has 1 aromatic heterocycles. The molecule has 0 aliphatic rings. The van der Waals surface area contributed by atoms with Gasteiger partial charge in [0.25, 0.3) is 5.91 Å². The molecule has 140 valence electrons. The van der Waals surface area contributed by atoms with Crippen molar-refractivity contribution in [3.8, 4) is 11.5 Å². The average Bonchev–Trinajstić information content (AvgIpc) is 2.96. The molecule has 0 aliphatic heterocycles. The quantitative estimate of drug-likeness (QED) is 0.462. The standard InChI is InChI=1S/C23H19FN2O2/c1-14-15(2)25-22-11-10-20(13-21(14)22)28-19-8-6-16(7-9-19)23(27)26-18-5-3-4-17(24)12-18/h3-13,25H,1-2H3,(H,26,27). The van der Waals surface area contributed by atoms with E-state index in [1.807, 2.05) is 25.1 Å². The van der Waals surface area contributed by atoms with Gasteiger partial charge in [0.05, 0.1) is 0 Å². The predicted octanol–water partition coefficient (Wildman–Crippen LogP) is 5.97. The number of aromatic nitrogens is 1. The van der Waals surface area contributed by atoms with Crippen LogP contribution in [0, 0.1) is 19.7 Å². The van der Waals surface area contributed by atoms with E-state index in [0.717, 1.165) is 22.3 Å². The van der Waals surface area contributed by atoms with Crippen molar-refractivity contribution in [2.75, 3.05) is 5.32 Å². The lowest BCUT2D eigenvalue weighted by Gasteiger charge is -2.08. The molecule has 4 aromatic rings. The van der Waals surface area contributed by atoms with Crippen LogP contribution in [0.3, 0.4) is 0 Å². The molecule has 0 saturated heterocycles. The van der Waals surface area contributed by atoms with Gasteiger partial charge in [-0.3, -0.25) is 4.79 Å². The summed E-state index contributed by atoms with van der Waals surface area (Å²) in [5.74, 6) is 0.654. The van der Waals surface area contributed by atoms with Gasteiger partial charge in [0.2, 0.25) is 0 Å². The summed E-state index contributed by atoms with van der Waals surface area (Å²) in [7, 11) is 0. The normalized spacial score (nSPS) is 10.8. The van der Waals surface area contributed by atoms with Gasteiger partial charge in [0.15, 0.2) is 0 Å². The number of amides is 1. The van der Waals surface area contributed by atoms with E-state index in [-0.39, 0.29) is 5.91 Å². The molecular weight excluding hydrogens is 355 g/mol. The highest BCUT2D eigenvalue weighted by Crippen LogP contribution is 2.29. The molecule has 28 heavy (non-hydrogen) atoms. The summed E-state index contributed by atoms with van der Waals surface area (Å²) in [5, 5.41) is 3.80. The largest absolute Gasteiger partial charge is 0.457 e. The number of nitrogens with one attached hydrogen (secondary N) is 2. The second-order valence-corrected chi connectivity index (χ2v) is 6.67. The van der Waals surface area contributed by atoms with Gasteiger partial charge in [-0.15, -0.1) is 0 Å². The van der Waals surface area contributed by atoms with E-state index in [4.69, 9.17) is 4.74 Å². The topological polar surface area (TPSA) is 54.1 Å². The van der Waals surface area contributed by atoms with Gasteiger partial charge in [-0.25, -0.2) is 4.39 Å². The Morgan fingerprint density at radius 1 is 0.964 bits per heavy atom. The van der Waals surface area contributed by atoms with Crippen LogP contribution in [0.15, 0.2) is 66.7 Å². The number of anilines is 1. The number of ether oxygens (including phenoxy) is 1. The number of halogens is 1. The predicted molar refractivity (Wildman–Crippen MR) is 109 cm³/mol. The summed E-state index contributed by atoms with van der Waals surface area (Å²) in [5.41, 5.74) is 4.29. The number of rotatable bonds is 4. The Hall–Kier alpha value is -3.60. The van der Waals surface area contributed by atoms with Gasteiger partial charge in [-0.2, -0.15) is 0 Å². The van der Waals surface area contributed by atoms with Crippen LogP contribution in [0.25, 0.3) is 10.9 Å². The van der Waals surface area contributed by atoms with Crippen molar-refractivity contribution in [3.63, 3.8) is 0 Å². The van der Waals surface area contributed by atoms with E-state index in [9.17, 15) is 9.18 Å². The third-order valence-electron chi connectivity index (χ3n) is 4.71. The van der Waals surface area contributed by atoms with E-state index in [1.165, 1.54) is 17.7 Å². The van der Waals surface area contributed by atoms with Crippen molar-refractivity contribution >= 4 is 22.5 Å². The number of aromatic amines is 1. The molecule has 0 fully saturated rings. The lowest BCUT2D eigenvalue weighted by Crippen LogP contribution is -2.11. The number of hydrogen-bond acceptors (Lipinski definition) is 2. The molecule has 4 rings (SSSR count). The van der Waals surface area contributed by atoms with Crippen molar-refractivity contribution in [2.24, 2.45) is 0 Å². The van der Waals surface area contributed by atoms with Crippen molar-refractivity contribution in [1.82, 2.24) is 4.98 Å². The molecule has 1 heterocycles. The van der Waals surface area contributed by atoms with Gasteiger partial charge in [0, 0.05) is 27.8 Å². The maximum Gasteiger partial charge on any atom is 0.255 e. The van der Waals surface area contributed by atoms with Gasteiger partial charge >= 0.3 is 0 Å². The van der Waals surface area contributed by atoms with Gasteiger partial charge in [0.1, 0.15) is 17.3 Å². The van der Waals surface area contributed by atoms with Crippen LogP contribution in [-0.4, -0.2) is 10.9 Å². The van der Waals surface area contributed by atoms with Crippen LogP contribution in [0.5, 0.6) is 11.5 Å². The second-order valence-electron chi connectivity index (χ2n) is 6.67. The van der Waals surface area contributed by atoms with Gasteiger partial charge < -0.3 is 15.0 Å². The Labute approximate surface area is 162 Å². The number of hydrogen-bond donors (Lipinski definition) is 2. The van der Waals surface area contributed by atoms with Crippen molar-refractivity contribution < 1.29 is 13.9 Å². The summed E-state index contributed by atoms with van der Waals surface area (Å²) in [6, 6.07) is 18.5. The number of fused-ring (bicyclic) bond motifs is 1. The first-order valence-electron chi connectivity index (χ1n) is 8.93. The number of H-pyrrole nitrogens is 1. The summed E-state index contributed by atoms with van der Waals surface area (Å²) in [6.07, 6.45) is 0. The smallest absolute Gasteiger partial charge is 0.255 e. The minimum Gasteiger partial charge on any atom is -0.457 e. The van der Waals surface area contributed by atoms with E-state index in [0.29, 0.717) is 17.0 Å². The van der Waals surface area contributed by atoms with Crippen LogP contribution >= 0.6 is 0 Å². The van der Waals surface area contributed by atoms with Crippen molar-refractivity contribution in [2.45, 2.75) is 13.8 Å². The highest BCUT2D eigenvalue weighted by molar-refractivity contribution is 6.04. The fourth-order valence-electron chi connectivity index (χ4n) is 3.08. The summed E-state index contributed by atoms with van der Waals surface area (Å²) in [4.78, 5) is 15.6. The molecule has 3 aromatic carbocycles. The Bertz CT molecular complexity index is 1160. The van der Waals surface area contributed by atoms with E-state index in [1.54, 1.807) is 36.4 Å². The summed E-state index contributed by atoms with van der Waals surface area (Å²) < 4.78 is 19.2. The third kappa shape index (κ3) is 3.60. The molecule has 0 bridgehead atoms. The summed E-state index contributed by atoms with van der Waals surface area (Å²) >= 11 is 0. The van der Waals surface area contributed by atoms with E-state index in [2.05, 4.69) is 17.2 Å². The minimum atomic E-state index is -0.397. The monoisotopic (exact) mass is 374 g/mol. The molecule has 4 nitrogen and oxygen atoms in total. The van der Waals surface area contributed by atoms with Crippen LogP contribution in [0.2, 0.25) is 0 Å². The highest BCUT2D eigenvalue weighted by Gasteiger charge is 2.09. The SMILES string of the molecule is Cc1[nH]c2ccc(Oc3ccc(C(=O)Nc4cccc(F)c4)cc3)cc2c1C. The van der Waals surface area contributed by atoms with Crippen LogP contribution in [0.1, 0.15) is 21.6 Å². The molecule has 0 radical (unpaired) electrons. The maximum atomic E-state index is 13.2. The molecule has 0 spiro atoms. The number of carbonyl (C=O) groups excluding carboxylic acids is 1. The Morgan fingerprint density at radius 2 is 1.71 bits per heavy atom. The Morgan fingerprint density at radius 3 is 2.46 bits per heavy atom. The van der Waals surface area contributed by atoms with Crippen molar-refractivity contribution in [1.29, 1.82) is 0 Å². The molecule has 1 amide bonds. The highest BCUT2D eigenvalue weighted by atomic mass is 19.1. The lowest BCUT2D eigenvalue weighted by atomic mass is 10.1. The molecule has 0 unspecified atom stereocenters. The molecule has 0 atom stereocenters. The molecule has 0 saturated carbocycles. The summed E-state index contributed by atoms with van der Waals surface area (Å²) in [6.45, 7) is 4.12. The minimum absolute atomic E-state index is 0.308. The number of carbonyl (C=O) groups is 1. The first-order chi connectivity index (χ1) is 13.5. The van der Waals surface area contributed by atoms with Gasteiger partial charge in [-0.1, -0.05) is 6.07 Å². The number of aryl methyl sites for hydroxylation is 2. The third-order valence-corrected chi connectivity index (χ3v) is 4.71.